The SMILES string of the molecule is Cc1ccc2c(c1)[C@@H](C)[C@@H]1CN(Cc3ccccc3)c3nc4ccccn4c(=O)c3[C@@H]1N2. The fraction of sp³-hybridized carbons (Fsp3) is 0.259. The number of fused-ring (bicyclic) bond motifs is 5. The molecule has 160 valence electrons. The highest BCUT2D eigenvalue weighted by Crippen LogP contribution is 2.48. The summed E-state index contributed by atoms with van der Waals surface area (Å²) in [5.74, 6) is 1.41. The van der Waals surface area contributed by atoms with Gasteiger partial charge in [0.25, 0.3) is 5.56 Å². The minimum atomic E-state index is -0.0562. The van der Waals surface area contributed by atoms with E-state index in [-0.39, 0.29) is 17.5 Å². The number of aromatic nitrogens is 2. The number of hydrogen-bond acceptors (Lipinski definition) is 4. The molecule has 6 rings (SSSR count). The van der Waals surface area contributed by atoms with Crippen LogP contribution in [0, 0.1) is 12.8 Å². The summed E-state index contributed by atoms with van der Waals surface area (Å²) in [4.78, 5) is 21.0. The summed E-state index contributed by atoms with van der Waals surface area (Å²) < 4.78 is 1.68. The molecule has 2 aliphatic heterocycles. The number of nitrogens with one attached hydrogen (secondary N) is 1. The first-order chi connectivity index (χ1) is 15.6. The molecule has 0 saturated carbocycles. The van der Waals surface area contributed by atoms with Gasteiger partial charge in [0.1, 0.15) is 11.5 Å². The van der Waals surface area contributed by atoms with Crippen LogP contribution in [0.4, 0.5) is 11.5 Å². The molecule has 1 N–H and O–H groups in total. The molecule has 0 saturated heterocycles. The minimum Gasteiger partial charge on any atom is -0.377 e. The van der Waals surface area contributed by atoms with E-state index < -0.39 is 0 Å². The van der Waals surface area contributed by atoms with E-state index >= 15 is 0 Å². The van der Waals surface area contributed by atoms with Gasteiger partial charge in [0.15, 0.2) is 0 Å². The number of pyridine rings is 1. The van der Waals surface area contributed by atoms with E-state index in [2.05, 4.69) is 66.5 Å². The van der Waals surface area contributed by atoms with E-state index in [0.717, 1.165) is 30.2 Å². The predicted molar refractivity (Wildman–Crippen MR) is 128 cm³/mol. The normalized spacial score (nSPS) is 21.4. The van der Waals surface area contributed by atoms with E-state index in [9.17, 15) is 4.79 Å². The smallest absolute Gasteiger partial charge is 0.265 e. The molecule has 5 heteroatoms. The number of hydrogen-bond donors (Lipinski definition) is 1. The zero-order valence-corrected chi connectivity index (χ0v) is 18.3. The Morgan fingerprint density at radius 3 is 2.72 bits per heavy atom. The van der Waals surface area contributed by atoms with Gasteiger partial charge in [-0.25, -0.2) is 4.98 Å². The first-order valence-electron chi connectivity index (χ1n) is 11.3. The maximum atomic E-state index is 13.8. The lowest BCUT2D eigenvalue weighted by Crippen LogP contribution is -2.47. The van der Waals surface area contributed by atoms with Crippen molar-refractivity contribution in [2.24, 2.45) is 5.92 Å². The third kappa shape index (κ3) is 2.92. The fourth-order valence-electron chi connectivity index (χ4n) is 5.42. The third-order valence-electron chi connectivity index (χ3n) is 7.09. The molecule has 0 fully saturated rings. The van der Waals surface area contributed by atoms with Crippen LogP contribution < -0.4 is 15.8 Å². The summed E-state index contributed by atoms with van der Waals surface area (Å²) in [5, 5.41) is 3.72. The second kappa shape index (κ2) is 7.23. The zero-order valence-electron chi connectivity index (χ0n) is 18.3. The summed E-state index contributed by atoms with van der Waals surface area (Å²) in [5.41, 5.74) is 6.44. The Balaban J connectivity index is 1.55. The highest BCUT2D eigenvalue weighted by atomic mass is 16.1. The molecule has 0 bridgehead atoms. The lowest BCUT2D eigenvalue weighted by atomic mass is 9.74. The van der Waals surface area contributed by atoms with Crippen molar-refractivity contribution < 1.29 is 0 Å². The minimum absolute atomic E-state index is 0.0219. The number of rotatable bonds is 2. The van der Waals surface area contributed by atoms with Crippen molar-refractivity contribution in [2.75, 3.05) is 16.8 Å². The van der Waals surface area contributed by atoms with Gasteiger partial charge < -0.3 is 10.2 Å². The molecule has 5 nitrogen and oxygen atoms in total. The van der Waals surface area contributed by atoms with Gasteiger partial charge in [-0.15, -0.1) is 0 Å². The fourth-order valence-corrected chi connectivity index (χ4v) is 5.42. The molecule has 2 aromatic carbocycles. The highest BCUT2D eigenvalue weighted by Gasteiger charge is 2.43. The second-order valence-corrected chi connectivity index (χ2v) is 9.11. The quantitative estimate of drug-likeness (QED) is 0.499. The van der Waals surface area contributed by atoms with E-state index in [0.29, 0.717) is 11.6 Å². The Hall–Kier alpha value is -3.60. The van der Waals surface area contributed by atoms with Crippen LogP contribution in [-0.2, 0) is 6.54 Å². The first kappa shape index (κ1) is 19.1. The van der Waals surface area contributed by atoms with Gasteiger partial charge in [0, 0.05) is 30.9 Å². The molecule has 0 amide bonds. The Morgan fingerprint density at radius 2 is 1.88 bits per heavy atom. The van der Waals surface area contributed by atoms with Crippen molar-refractivity contribution in [1.29, 1.82) is 0 Å². The van der Waals surface area contributed by atoms with Crippen LogP contribution in [0.3, 0.4) is 0 Å². The number of aryl methyl sites for hydroxylation is 1. The zero-order chi connectivity index (χ0) is 21.8. The lowest BCUT2D eigenvalue weighted by Gasteiger charge is -2.46. The Bertz CT molecular complexity index is 1380. The van der Waals surface area contributed by atoms with Gasteiger partial charge in [-0.2, -0.15) is 0 Å². The van der Waals surface area contributed by atoms with Crippen molar-refractivity contribution in [1.82, 2.24) is 9.38 Å². The van der Waals surface area contributed by atoms with Crippen molar-refractivity contribution in [3.63, 3.8) is 0 Å². The van der Waals surface area contributed by atoms with Crippen molar-refractivity contribution >= 4 is 17.2 Å². The molecular weight excluding hydrogens is 396 g/mol. The van der Waals surface area contributed by atoms with Gasteiger partial charge in [-0.3, -0.25) is 9.20 Å². The van der Waals surface area contributed by atoms with E-state index in [1.165, 1.54) is 16.7 Å². The molecule has 0 radical (unpaired) electrons. The van der Waals surface area contributed by atoms with Gasteiger partial charge in [-0.05, 0) is 42.2 Å². The standard InChI is InChI=1S/C27H26N4O/c1-17-11-12-22-20(14-17)18(2)21-16-30(15-19-8-4-3-5-9-19)26-24(25(21)28-22)27(32)31-13-7-6-10-23(31)29-26/h3-14,18,21,25,28H,15-16H2,1-2H3/t18-,21+,25-/m1/s1. The first-order valence-corrected chi connectivity index (χ1v) is 11.3. The van der Waals surface area contributed by atoms with E-state index in [1.54, 1.807) is 4.40 Å². The van der Waals surface area contributed by atoms with Crippen LogP contribution in [0.25, 0.3) is 5.65 Å². The molecular formula is C27H26N4O. The molecule has 4 heterocycles. The number of nitrogens with zero attached hydrogens (tertiary/aromatic N) is 3. The highest BCUT2D eigenvalue weighted by molar-refractivity contribution is 5.64. The van der Waals surface area contributed by atoms with Crippen LogP contribution in [0.5, 0.6) is 0 Å². The molecule has 32 heavy (non-hydrogen) atoms. The maximum absolute atomic E-state index is 13.8. The van der Waals surface area contributed by atoms with Gasteiger partial charge in [-0.1, -0.05) is 61.0 Å². The third-order valence-corrected chi connectivity index (χ3v) is 7.09. The molecule has 3 atom stereocenters. The average molecular weight is 423 g/mol. The van der Waals surface area contributed by atoms with Gasteiger partial charge in [0.2, 0.25) is 0 Å². The molecule has 2 aromatic heterocycles. The van der Waals surface area contributed by atoms with Crippen LogP contribution in [-0.4, -0.2) is 15.9 Å². The van der Waals surface area contributed by atoms with Crippen LogP contribution in [0.15, 0.2) is 77.7 Å². The molecule has 0 spiro atoms. The van der Waals surface area contributed by atoms with Crippen molar-refractivity contribution in [2.45, 2.75) is 32.4 Å². The molecule has 2 aliphatic rings. The van der Waals surface area contributed by atoms with Crippen molar-refractivity contribution in [3.8, 4) is 0 Å². The van der Waals surface area contributed by atoms with Gasteiger partial charge in [0.05, 0.1) is 11.6 Å². The van der Waals surface area contributed by atoms with Gasteiger partial charge >= 0.3 is 0 Å². The monoisotopic (exact) mass is 422 g/mol. The number of benzene rings is 2. The Kier molecular flexibility index (Phi) is 4.32. The number of anilines is 2. The predicted octanol–water partition coefficient (Wildman–Crippen LogP) is 4.91. The summed E-state index contributed by atoms with van der Waals surface area (Å²) in [7, 11) is 0. The molecule has 0 unspecified atom stereocenters. The summed E-state index contributed by atoms with van der Waals surface area (Å²) in [6.45, 7) is 6.03. The topological polar surface area (TPSA) is 49.6 Å². The lowest BCUT2D eigenvalue weighted by molar-refractivity contribution is 0.353. The Labute approximate surface area is 187 Å². The molecule has 4 aromatic rings. The van der Waals surface area contributed by atoms with Crippen LogP contribution in [0.2, 0.25) is 0 Å². The van der Waals surface area contributed by atoms with Crippen LogP contribution in [0.1, 0.15) is 41.1 Å². The Morgan fingerprint density at radius 1 is 1.06 bits per heavy atom. The largest absolute Gasteiger partial charge is 0.377 e. The maximum Gasteiger partial charge on any atom is 0.265 e. The second-order valence-electron chi connectivity index (χ2n) is 9.11. The van der Waals surface area contributed by atoms with Crippen LogP contribution >= 0.6 is 0 Å². The summed E-state index contributed by atoms with van der Waals surface area (Å²) >= 11 is 0. The summed E-state index contributed by atoms with van der Waals surface area (Å²) in [6.07, 6.45) is 1.82. The van der Waals surface area contributed by atoms with Crippen molar-refractivity contribution in [3.05, 3.63) is 106 Å². The summed E-state index contributed by atoms with van der Waals surface area (Å²) in [6, 6.07) is 22.7. The average Bonchev–Trinajstić information content (AvgIpc) is 2.81. The van der Waals surface area contributed by atoms with E-state index in [4.69, 9.17) is 4.98 Å². The van der Waals surface area contributed by atoms with E-state index in [1.807, 2.05) is 30.5 Å². The molecule has 0 aliphatic carbocycles.